The summed E-state index contributed by atoms with van der Waals surface area (Å²) in [5, 5.41) is 7.09. The topological polar surface area (TPSA) is 74.0 Å². The van der Waals surface area contributed by atoms with Gasteiger partial charge in [-0.3, -0.25) is 9.48 Å². The minimum absolute atomic E-state index is 0.218. The van der Waals surface area contributed by atoms with Gasteiger partial charge in [0, 0.05) is 44.3 Å². The Morgan fingerprint density at radius 3 is 2.85 bits per heavy atom. The first-order valence-electron chi connectivity index (χ1n) is 8.15. The lowest BCUT2D eigenvalue weighted by atomic mass is 10.1. The lowest BCUT2D eigenvalue weighted by Crippen LogP contribution is -2.29. The summed E-state index contributed by atoms with van der Waals surface area (Å²) < 4.78 is 8.87. The Balaban J connectivity index is 1.85. The Hall–Kier alpha value is -3.35. The molecule has 2 heterocycles. The summed E-state index contributed by atoms with van der Waals surface area (Å²) in [6, 6.07) is 7.19. The molecule has 1 aromatic carbocycles. The number of carbonyl (C=O) groups excluding carboxylic acids is 1. The van der Waals surface area contributed by atoms with Gasteiger partial charge in [-0.25, -0.2) is 4.98 Å². The van der Waals surface area contributed by atoms with Gasteiger partial charge < -0.3 is 14.6 Å². The zero-order valence-electron chi connectivity index (χ0n) is 15.0. The number of ether oxygens (including phenoxy) is 1. The van der Waals surface area contributed by atoms with Gasteiger partial charge in [0.15, 0.2) is 0 Å². The van der Waals surface area contributed by atoms with Gasteiger partial charge >= 0.3 is 0 Å². The maximum Gasteiger partial charge on any atom is 0.244 e. The Morgan fingerprint density at radius 2 is 2.19 bits per heavy atom. The summed E-state index contributed by atoms with van der Waals surface area (Å²) in [5.41, 5.74) is 1.75. The summed E-state index contributed by atoms with van der Waals surface area (Å²) in [7, 11) is 5.34. The molecule has 0 spiro atoms. The summed E-state index contributed by atoms with van der Waals surface area (Å²) in [6.07, 6.45) is 10.3. The third-order valence-corrected chi connectivity index (χ3v) is 3.98. The number of amides is 1. The third kappa shape index (κ3) is 4.00. The van der Waals surface area contributed by atoms with Gasteiger partial charge in [0.1, 0.15) is 17.6 Å². The molecule has 26 heavy (non-hydrogen) atoms. The second-order valence-electron chi connectivity index (χ2n) is 5.90. The predicted octanol–water partition coefficient (Wildman–Crippen LogP) is 2.08. The van der Waals surface area contributed by atoms with Crippen LogP contribution in [0.2, 0.25) is 0 Å². The van der Waals surface area contributed by atoms with Gasteiger partial charge in [0.25, 0.3) is 0 Å². The van der Waals surface area contributed by atoms with Crippen molar-refractivity contribution in [3.8, 4) is 5.75 Å². The van der Waals surface area contributed by atoms with E-state index in [0.29, 0.717) is 0 Å². The number of hydrogen-bond acceptors (Lipinski definition) is 4. The maximum absolute atomic E-state index is 12.5. The van der Waals surface area contributed by atoms with Crippen molar-refractivity contribution in [1.29, 1.82) is 0 Å². The normalized spacial score (nSPS) is 12.3. The average molecular weight is 351 g/mol. The number of imidazole rings is 1. The number of rotatable bonds is 6. The summed E-state index contributed by atoms with van der Waals surface area (Å²) in [5.74, 6) is 1.24. The second-order valence-corrected chi connectivity index (χ2v) is 5.90. The molecule has 0 saturated carbocycles. The van der Waals surface area contributed by atoms with Crippen LogP contribution >= 0.6 is 0 Å². The Kier molecular flexibility index (Phi) is 5.17. The molecule has 0 unspecified atom stereocenters. The van der Waals surface area contributed by atoms with E-state index in [9.17, 15) is 4.79 Å². The number of aryl methyl sites for hydroxylation is 2. The molecule has 0 bridgehead atoms. The largest absolute Gasteiger partial charge is 0.497 e. The molecule has 1 N–H and O–H groups in total. The number of nitrogens with zero attached hydrogens (tertiary/aromatic N) is 4. The van der Waals surface area contributed by atoms with Crippen molar-refractivity contribution in [2.75, 3.05) is 7.11 Å². The fourth-order valence-electron chi connectivity index (χ4n) is 2.66. The van der Waals surface area contributed by atoms with Crippen LogP contribution in [0.15, 0.2) is 55.1 Å². The highest BCUT2D eigenvalue weighted by Crippen LogP contribution is 2.24. The molecular formula is C19H21N5O2. The molecule has 1 amide bonds. The number of methoxy groups -OCH3 is 1. The molecule has 0 fully saturated rings. The number of nitrogens with one attached hydrogen (secondary N) is 1. The summed E-state index contributed by atoms with van der Waals surface area (Å²) in [4.78, 5) is 16.9. The van der Waals surface area contributed by atoms with Gasteiger partial charge in [-0.05, 0) is 23.8 Å². The third-order valence-electron chi connectivity index (χ3n) is 3.98. The fraction of sp³-hybridized carbons (Fsp3) is 0.211. The monoisotopic (exact) mass is 351 g/mol. The van der Waals surface area contributed by atoms with E-state index in [1.807, 2.05) is 55.3 Å². The summed E-state index contributed by atoms with van der Waals surface area (Å²) >= 11 is 0. The first-order chi connectivity index (χ1) is 12.6. The Bertz CT molecular complexity index is 925. The van der Waals surface area contributed by atoms with Crippen LogP contribution in [0.4, 0.5) is 0 Å². The van der Waals surface area contributed by atoms with Gasteiger partial charge in [-0.15, -0.1) is 0 Å². The minimum atomic E-state index is -0.392. The van der Waals surface area contributed by atoms with Crippen molar-refractivity contribution < 1.29 is 9.53 Å². The smallest absolute Gasteiger partial charge is 0.244 e. The van der Waals surface area contributed by atoms with Gasteiger partial charge in [0.05, 0.1) is 13.3 Å². The zero-order chi connectivity index (χ0) is 18.5. The highest BCUT2D eigenvalue weighted by molar-refractivity contribution is 5.92. The maximum atomic E-state index is 12.5. The first-order valence-corrected chi connectivity index (χ1v) is 8.15. The van der Waals surface area contributed by atoms with Crippen molar-refractivity contribution in [1.82, 2.24) is 24.6 Å². The SMILES string of the molecule is COc1cccc([C@H](NC(=O)/C=C/c2cnn(C)c2)c2nccn2C)c1. The van der Waals surface area contributed by atoms with Gasteiger partial charge in [0.2, 0.25) is 5.91 Å². The molecule has 0 aliphatic carbocycles. The van der Waals surface area contributed by atoms with Crippen LogP contribution in [0.1, 0.15) is 23.0 Å². The molecule has 3 aromatic rings. The highest BCUT2D eigenvalue weighted by atomic mass is 16.5. The quantitative estimate of drug-likeness (QED) is 0.690. The van der Waals surface area contributed by atoms with E-state index in [1.165, 1.54) is 6.08 Å². The lowest BCUT2D eigenvalue weighted by Gasteiger charge is -2.19. The van der Waals surface area contributed by atoms with E-state index >= 15 is 0 Å². The number of hydrogen-bond donors (Lipinski definition) is 1. The van der Waals surface area contributed by atoms with Crippen molar-refractivity contribution in [2.45, 2.75) is 6.04 Å². The van der Waals surface area contributed by atoms with Crippen LogP contribution in [-0.4, -0.2) is 32.3 Å². The molecule has 134 valence electrons. The molecule has 7 nitrogen and oxygen atoms in total. The molecule has 7 heteroatoms. The van der Waals surface area contributed by atoms with Crippen molar-refractivity contribution >= 4 is 12.0 Å². The van der Waals surface area contributed by atoms with Gasteiger partial charge in [-0.2, -0.15) is 5.10 Å². The molecular weight excluding hydrogens is 330 g/mol. The van der Waals surface area contributed by atoms with Crippen LogP contribution in [0.25, 0.3) is 6.08 Å². The number of aromatic nitrogens is 4. The van der Waals surface area contributed by atoms with E-state index in [4.69, 9.17) is 4.74 Å². The van der Waals surface area contributed by atoms with E-state index in [-0.39, 0.29) is 5.91 Å². The van der Waals surface area contributed by atoms with E-state index in [2.05, 4.69) is 15.4 Å². The average Bonchev–Trinajstić information content (AvgIpc) is 3.26. The second kappa shape index (κ2) is 7.69. The van der Waals surface area contributed by atoms with Crippen molar-refractivity contribution in [3.05, 3.63) is 72.1 Å². The van der Waals surface area contributed by atoms with Crippen LogP contribution < -0.4 is 10.1 Å². The summed E-state index contributed by atoms with van der Waals surface area (Å²) in [6.45, 7) is 0. The van der Waals surface area contributed by atoms with Crippen LogP contribution in [-0.2, 0) is 18.9 Å². The molecule has 3 rings (SSSR count). The van der Waals surface area contributed by atoms with E-state index in [0.717, 1.165) is 22.7 Å². The fourth-order valence-corrected chi connectivity index (χ4v) is 2.66. The highest BCUT2D eigenvalue weighted by Gasteiger charge is 2.20. The van der Waals surface area contributed by atoms with Crippen molar-refractivity contribution in [3.63, 3.8) is 0 Å². The Labute approximate surface area is 151 Å². The first kappa shape index (κ1) is 17.5. The lowest BCUT2D eigenvalue weighted by molar-refractivity contribution is -0.117. The number of benzene rings is 1. The minimum Gasteiger partial charge on any atom is -0.497 e. The molecule has 0 radical (unpaired) electrons. The molecule has 2 aromatic heterocycles. The van der Waals surface area contributed by atoms with Crippen LogP contribution in [0.5, 0.6) is 5.75 Å². The number of carbonyl (C=O) groups is 1. The zero-order valence-corrected chi connectivity index (χ0v) is 15.0. The molecule has 0 saturated heterocycles. The predicted molar refractivity (Wildman–Crippen MR) is 98.4 cm³/mol. The van der Waals surface area contributed by atoms with E-state index in [1.54, 1.807) is 30.3 Å². The molecule has 1 atom stereocenters. The van der Waals surface area contributed by atoms with Crippen LogP contribution in [0.3, 0.4) is 0 Å². The molecule has 0 aliphatic heterocycles. The van der Waals surface area contributed by atoms with Crippen molar-refractivity contribution in [2.24, 2.45) is 14.1 Å². The molecule has 0 aliphatic rings. The standard InChI is InChI=1S/C19H21N5O2/c1-23-10-9-20-19(23)18(15-5-4-6-16(11-15)26-3)22-17(25)8-7-14-12-21-24(2)13-14/h4-13,18H,1-3H3,(H,22,25)/b8-7+/t18-/m0/s1. The van der Waals surface area contributed by atoms with E-state index < -0.39 is 6.04 Å². The van der Waals surface area contributed by atoms with Gasteiger partial charge in [-0.1, -0.05) is 12.1 Å². The van der Waals surface area contributed by atoms with Crippen LogP contribution in [0, 0.1) is 0 Å². The Morgan fingerprint density at radius 1 is 1.35 bits per heavy atom.